The molecule has 152 valence electrons. The summed E-state index contributed by atoms with van der Waals surface area (Å²) in [6, 6.07) is 4.42. The Morgan fingerprint density at radius 2 is 0.833 bits per heavy atom. The summed E-state index contributed by atoms with van der Waals surface area (Å²) in [4.78, 5) is 7.96. The van der Waals surface area contributed by atoms with Gasteiger partial charge in [-0.15, -0.1) is 68.0 Å². The summed E-state index contributed by atoms with van der Waals surface area (Å²) in [6.07, 6.45) is 0. The van der Waals surface area contributed by atoms with Gasteiger partial charge >= 0.3 is 0 Å². The van der Waals surface area contributed by atoms with E-state index in [1.165, 1.54) is 75.4 Å². The molecule has 0 aromatic carbocycles. The van der Waals surface area contributed by atoms with Crippen molar-refractivity contribution in [3.63, 3.8) is 0 Å². The molecule has 6 aromatic heterocycles. The maximum Gasteiger partial charge on any atom is 0.0651 e. The maximum atomic E-state index is 3.93. The zero-order chi connectivity index (χ0) is 20.9. The molecule has 6 aromatic rings. The molecule has 0 saturated heterocycles. The lowest BCUT2D eigenvalue weighted by molar-refractivity contribution is 1.62. The molecule has 0 aliphatic carbocycles. The van der Waals surface area contributed by atoms with E-state index in [2.05, 4.69) is 89.7 Å². The van der Waals surface area contributed by atoms with Crippen LogP contribution >= 0.6 is 132 Å². The van der Waals surface area contributed by atoms with Gasteiger partial charge in [0.25, 0.3) is 0 Å². The van der Waals surface area contributed by atoms with Crippen molar-refractivity contribution in [3.8, 4) is 19.5 Å². The van der Waals surface area contributed by atoms with Crippen LogP contribution in [0.1, 0.15) is 9.75 Å². The highest BCUT2D eigenvalue weighted by atomic mass is 79.9. The van der Waals surface area contributed by atoms with Gasteiger partial charge < -0.3 is 0 Å². The van der Waals surface area contributed by atoms with Gasteiger partial charge in [-0.05, 0) is 89.7 Å². The number of rotatable bonds is 2. The Bertz CT molecular complexity index is 1490. The Kier molecular flexibility index (Phi) is 5.51. The third-order valence-corrected chi connectivity index (χ3v) is 17.0. The van der Waals surface area contributed by atoms with Crippen molar-refractivity contribution in [2.45, 2.75) is 13.8 Å². The van der Waals surface area contributed by atoms with Crippen LogP contribution in [-0.4, -0.2) is 0 Å². The largest absolute Gasteiger partial charge is 0.138 e. The zero-order valence-electron chi connectivity index (χ0n) is 15.1. The molecule has 0 aliphatic rings. The van der Waals surface area contributed by atoms with E-state index in [1.54, 1.807) is 0 Å². The number of hydrogen-bond donors (Lipinski definition) is 0. The van der Waals surface area contributed by atoms with Crippen LogP contribution in [0.15, 0.2) is 30.0 Å². The molecule has 0 nitrogen and oxygen atoms in total. The smallest absolute Gasteiger partial charge is 0.0651 e. The Morgan fingerprint density at radius 1 is 0.467 bits per heavy atom. The topological polar surface area (TPSA) is 0 Å². The molecule has 0 amide bonds. The molecule has 10 heteroatoms. The highest BCUT2D eigenvalue weighted by molar-refractivity contribution is 9.11. The highest BCUT2D eigenvalue weighted by Gasteiger charge is 2.25. The average molecular weight is 760 g/mol. The minimum atomic E-state index is 1.19. The number of fused-ring (bicyclic) bond motifs is 5. The Hall–Kier alpha value is 0.900. The first-order valence-corrected chi connectivity index (χ1v) is 16.7. The predicted molar refractivity (Wildman–Crippen MR) is 157 cm³/mol. The van der Waals surface area contributed by atoms with Gasteiger partial charge in [-0.25, -0.2) is 0 Å². The monoisotopic (exact) mass is 756 g/mol. The van der Waals surface area contributed by atoms with E-state index in [1.807, 2.05) is 68.0 Å². The summed E-state index contributed by atoms with van der Waals surface area (Å²) in [7, 11) is 0. The fourth-order valence-corrected chi connectivity index (χ4v) is 15.6. The van der Waals surface area contributed by atoms with E-state index in [4.69, 9.17) is 0 Å². The molecule has 0 N–H and O–H groups in total. The fraction of sp³-hybridized carbons (Fsp3) is 0.100. The summed E-state index contributed by atoms with van der Waals surface area (Å²) in [5.41, 5.74) is 0. The maximum absolute atomic E-state index is 3.93. The van der Waals surface area contributed by atoms with Crippen molar-refractivity contribution in [1.82, 2.24) is 0 Å². The summed E-state index contributed by atoms with van der Waals surface area (Å²) in [5, 5.41) is 0. The van der Waals surface area contributed by atoms with Crippen LogP contribution in [0.4, 0.5) is 0 Å². The van der Waals surface area contributed by atoms with Crippen LogP contribution in [0.5, 0.6) is 0 Å². The number of aryl methyl sites for hydroxylation is 2. The first-order valence-electron chi connectivity index (χ1n) is 8.61. The average Bonchev–Trinajstić information content (AvgIpc) is 3.47. The summed E-state index contributed by atoms with van der Waals surface area (Å²) in [6.45, 7) is 4.33. The first kappa shape index (κ1) is 21.4. The fourth-order valence-electron chi connectivity index (χ4n) is 3.44. The molecule has 0 aliphatic heterocycles. The Morgan fingerprint density at radius 3 is 1.17 bits per heavy atom. The van der Waals surface area contributed by atoms with E-state index < -0.39 is 0 Å². The van der Waals surface area contributed by atoms with Crippen LogP contribution in [0.2, 0.25) is 0 Å². The van der Waals surface area contributed by atoms with Crippen LogP contribution in [0.25, 0.3) is 47.7 Å². The molecular formula is C20H8Br4S6. The molecule has 30 heavy (non-hydrogen) atoms. The van der Waals surface area contributed by atoms with Gasteiger partial charge in [-0.3, -0.25) is 0 Å². The van der Waals surface area contributed by atoms with Gasteiger partial charge in [0.15, 0.2) is 0 Å². The van der Waals surface area contributed by atoms with Crippen molar-refractivity contribution >= 4 is 160 Å². The van der Waals surface area contributed by atoms with Gasteiger partial charge in [0.1, 0.15) is 0 Å². The van der Waals surface area contributed by atoms with E-state index >= 15 is 0 Å². The molecule has 0 radical (unpaired) electrons. The molecule has 0 fully saturated rings. The van der Waals surface area contributed by atoms with Crippen LogP contribution in [0.3, 0.4) is 0 Å². The van der Waals surface area contributed by atoms with Crippen molar-refractivity contribution in [1.29, 1.82) is 0 Å². The third kappa shape index (κ3) is 3.12. The zero-order valence-corrected chi connectivity index (χ0v) is 26.4. The molecule has 6 rings (SSSR count). The second-order valence-corrected chi connectivity index (χ2v) is 16.6. The van der Waals surface area contributed by atoms with Gasteiger partial charge in [-0.2, -0.15) is 0 Å². The van der Waals surface area contributed by atoms with E-state index in [0.717, 1.165) is 0 Å². The standard InChI is InChI=1S/C20H8Br4S6/c1-5-3-7(21)11(25-5)13-9(23)15-17(27-13)19-20(29-15)18-16(30-19)10(24)14(28-18)12-8(22)4-6(2)26-12/h3-4H,1-2H3. The highest BCUT2D eigenvalue weighted by Crippen LogP contribution is 2.58. The van der Waals surface area contributed by atoms with Crippen LogP contribution in [0, 0.1) is 13.8 Å². The predicted octanol–water partition coefficient (Wildman–Crippen LogP) is 12.5. The lowest BCUT2D eigenvalue weighted by Gasteiger charge is -1.95. The molecule has 6 heterocycles. The molecule has 0 spiro atoms. The molecular weight excluding hydrogens is 752 g/mol. The summed E-state index contributed by atoms with van der Waals surface area (Å²) < 4.78 is 13.2. The minimum absolute atomic E-state index is 1.19. The summed E-state index contributed by atoms with van der Waals surface area (Å²) >= 11 is 26.7. The second-order valence-electron chi connectivity index (χ2n) is 6.74. The number of thiophene rings is 6. The number of halogens is 4. The van der Waals surface area contributed by atoms with Gasteiger partial charge in [0.2, 0.25) is 0 Å². The van der Waals surface area contributed by atoms with Crippen LogP contribution < -0.4 is 0 Å². The van der Waals surface area contributed by atoms with Crippen molar-refractivity contribution < 1.29 is 0 Å². The Labute approximate surface area is 230 Å². The molecule has 0 saturated carbocycles. The normalized spacial score (nSPS) is 12.3. The lowest BCUT2D eigenvalue weighted by Crippen LogP contribution is -1.66. The molecule has 0 atom stereocenters. The lowest BCUT2D eigenvalue weighted by atomic mass is 10.3. The minimum Gasteiger partial charge on any atom is -0.138 e. The van der Waals surface area contributed by atoms with E-state index in [-0.39, 0.29) is 0 Å². The van der Waals surface area contributed by atoms with Crippen molar-refractivity contribution in [2.75, 3.05) is 0 Å². The molecule has 0 bridgehead atoms. The molecule has 0 unspecified atom stereocenters. The van der Waals surface area contributed by atoms with E-state index in [9.17, 15) is 0 Å². The third-order valence-electron chi connectivity index (χ3n) is 4.68. The van der Waals surface area contributed by atoms with Crippen LogP contribution in [-0.2, 0) is 0 Å². The van der Waals surface area contributed by atoms with Gasteiger partial charge in [-0.1, -0.05) is 0 Å². The summed E-state index contributed by atoms with van der Waals surface area (Å²) in [5.74, 6) is 0. The number of hydrogen-bond acceptors (Lipinski definition) is 6. The van der Waals surface area contributed by atoms with Crippen molar-refractivity contribution in [2.24, 2.45) is 0 Å². The second kappa shape index (κ2) is 7.71. The Balaban J connectivity index is 1.60. The van der Waals surface area contributed by atoms with Gasteiger partial charge in [0.05, 0.1) is 56.7 Å². The van der Waals surface area contributed by atoms with Gasteiger partial charge in [0, 0.05) is 18.7 Å². The SMILES string of the molecule is Cc1cc(Br)c(-c2sc3c(sc4c5sc(-c6sc(C)cc6Br)c(Br)c5sc34)c2Br)s1. The first-order chi connectivity index (χ1) is 14.3. The van der Waals surface area contributed by atoms with Crippen molar-refractivity contribution in [3.05, 3.63) is 39.8 Å². The quantitative estimate of drug-likeness (QED) is 0.165. The van der Waals surface area contributed by atoms with E-state index in [0.29, 0.717) is 0 Å².